The summed E-state index contributed by atoms with van der Waals surface area (Å²) in [6.45, 7) is 11.3. The van der Waals surface area contributed by atoms with Crippen LogP contribution in [0.2, 0.25) is 0 Å². The second kappa shape index (κ2) is 7.74. The molecule has 4 rings (SSSR count). The Balaban J connectivity index is 1.50. The number of amides is 1. The molecule has 31 heavy (non-hydrogen) atoms. The summed E-state index contributed by atoms with van der Waals surface area (Å²) in [7, 11) is -3.57. The van der Waals surface area contributed by atoms with Crippen molar-refractivity contribution < 1.29 is 13.2 Å². The van der Waals surface area contributed by atoms with Gasteiger partial charge in [-0.05, 0) is 76.8 Å². The highest BCUT2D eigenvalue weighted by atomic mass is 32.2. The summed E-state index contributed by atoms with van der Waals surface area (Å²) in [5, 5.41) is 4.73. The van der Waals surface area contributed by atoms with Crippen LogP contribution in [0.25, 0.3) is 0 Å². The van der Waals surface area contributed by atoms with E-state index in [1.807, 2.05) is 51.4 Å². The maximum atomic E-state index is 13.3. The highest BCUT2D eigenvalue weighted by Gasteiger charge is 2.35. The van der Waals surface area contributed by atoms with E-state index in [0.717, 1.165) is 29.7 Å². The highest BCUT2D eigenvalue weighted by molar-refractivity contribution is 7.89. The number of nitrogens with zero attached hydrogens (tertiary/aromatic N) is 4. The fraction of sp³-hybridized carbons (Fsp3) is 0.565. The van der Waals surface area contributed by atoms with Crippen LogP contribution in [0.3, 0.4) is 0 Å². The number of aryl methyl sites for hydroxylation is 2. The van der Waals surface area contributed by atoms with E-state index in [4.69, 9.17) is 5.10 Å². The minimum Gasteiger partial charge on any atom is -0.335 e. The molecule has 1 amide bonds. The van der Waals surface area contributed by atoms with E-state index in [1.54, 1.807) is 17.0 Å². The normalized spacial score (nSPS) is 18.4. The van der Waals surface area contributed by atoms with Crippen LogP contribution < -0.4 is 0 Å². The Kier molecular flexibility index (Phi) is 5.50. The topological polar surface area (TPSA) is 75.5 Å². The van der Waals surface area contributed by atoms with E-state index in [0.29, 0.717) is 42.7 Å². The molecule has 2 aliphatic rings. The van der Waals surface area contributed by atoms with Crippen molar-refractivity contribution in [3.8, 4) is 0 Å². The third kappa shape index (κ3) is 4.28. The van der Waals surface area contributed by atoms with Crippen LogP contribution in [0.5, 0.6) is 0 Å². The molecule has 0 radical (unpaired) electrons. The summed E-state index contributed by atoms with van der Waals surface area (Å²) in [6, 6.07) is 7.16. The molecular weight excluding hydrogens is 412 g/mol. The molecule has 7 nitrogen and oxygen atoms in total. The molecule has 1 aromatic heterocycles. The minimum atomic E-state index is -3.57. The molecule has 2 heterocycles. The number of carbonyl (C=O) groups excluding carboxylic acids is 1. The van der Waals surface area contributed by atoms with E-state index in [1.165, 1.54) is 4.31 Å². The predicted molar refractivity (Wildman–Crippen MR) is 120 cm³/mol. The zero-order chi connectivity index (χ0) is 22.6. The van der Waals surface area contributed by atoms with E-state index in [-0.39, 0.29) is 11.4 Å². The van der Waals surface area contributed by atoms with E-state index >= 15 is 0 Å². The van der Waals surface area contributed by atoms with Crippen LogP contribution in [-0.2, 0) is 15.6 Å². The van der Waals surface area contributed by atoms with Gasteiger partial charge in [-0.15, -0.1) is 0 Å². The Hall–Kier alpha value is -2.19. The fourth-order valence-electron chi connectivity index (χ4n) is 3.96. The van der Waals surface area contributed by atoms with Gasteiger partial charge >= 0.3 is 0 Å². The molecule has 1 aliphatic heterocycles. The summed E-state index contributed by atoms with van der Waals surface area (Å²) in [4.78, 5) is 15.4. The number of carbonyl (C=O) groups is 1. The third-order valence-electron chi connectivity index (χ3n) is 6.22. The number of hydrogen-bond acceptors (Lipinski definition) is 4. The summed E-state index contributed by atoms with van der Waals surface area (Å²) >= 11 is 0. The summed E-state index contributed by atoms with van der Waals surface area (Å²) in [5.74, 6) is 0.396. The highest BCUT2D eigenvalue weighted by Crippen LogP contribution is 2.40. The Morgan fingerprint density at radius 1 is 1.00 bits per heavy atom. The van der Waals surface area contributed by atoms with Crippen molar-refractivity contribution in [3.05, 3.63) is 46.8 Å². The van der Waals surface area contributed by atoms with Gasteiger partial charge in [-0.25, -0.2) is 8.42 Å². The second-order valence-corrected chi connectivity index (χ2v) is 11.7. The van der Waals surface area contributed by atoms with Gasteiger partial charge in [0.1, 0.15) is 5.69 Å². The minimum absolute atomic E-state index is 0.0717. The van der Waals surface area contributed by atoms with Gasteiger partial charge in [-0.3, -0.25) is 9.48 Å². The standard InChI is InChI=1S/C23H32N4O3S/c1-16-6-9-19(14-17(16)2)31(29,30)26-12-10-25(11-13-26)22(28)21-15-20(18-7-8-18)24-27(21)23(3,4)5/h6,9,14-15,18H,7-8,10-13H2,1-5H3. The smallest absolute Gasteiger partial charge is 0.272 e. The molecule has 0 unspecified atom stereocenters. The summed E-state index contributed by atoms with van der Waals surface area (Å²) < 4.78 is 29.5. The molecule has 0 atom stereocenters. The van der Waals surface area contributed by atoms with Crippen LogP contribution in [0.15, 0.2) is 29.2 Å². The van der Waals surface area contributed by atoms with Crippen LogP contribution in [0.1, 0.15) is 66.8 Å². The van der Waals surface area contributed by atoms with Gasteiger partial charge in [-0.1, -0.05) is 6.07 Å². The number of sulfonamides is 1. The Labute approximate surface area is 185 Å². The molecule has 2 fully saturated rings. The van der Waals surface area contributed by atoms with Gasteiger partial charge in [0.15, 0.2) is 0 Å². The first-order chi connectivity index (χ1) is 14.5. The maximum absolute atomic E-state index is 13.3. The van der Waals surface area contributed by atoms with E-state index in [2.05, 4.69) is 0 Å². The summed E-state index contributed by atoms with van der Waals surface area (Å²) in [5.41, 5.74) is 3.31. The Morgan fingerprint density at radius 2 is 1.65 bits per heavy atom. The molecule has 0 N–H and O–H groups in total. The molecule has 1 aliphatic carbocycles. The van der Waals surface area contributed by atoms with Gasteiger partial charge in [0, 0.05) is 32.1 Å². The SMILES string of the molecule is Cc1ccc(S(=O)(=O)N2CCN(C(=O)c3cc(C4CC4)nn3C(C)(C)C)CC2)cc1C. The fourth-order valence-corrected chi connectivity index (χ4v) is 5.47. The van der Waals surface area contributed by atoms with Gasteiger partial charge in [0.25, 0.3) is 5.91 Å². The molecule has 8 heteroatoms. The maximum Gasteiger partial charge on any atom is 0.272 e. The molecule has 168 valence electrons. The first-order valence-electron chi connectivity index (χ1n) is 11.0. The van der Waals surface area contributed by atoms with Crippen LogP contribution in [-0.4, -0.2) is 59.5 Å². The van der Waals surface area contributed by atoms with Gasteiger partial charge in [0.2, 0.25) is 10.0 Å². The average molecular weight is 445 g/mol. The molecule has 0 bridgehead atoms. The lowest BCUT2D eigenvalue weighted by molar-refractivity contribution is 0.0677. The van der Waals surface area contributed by atoms with Gasteiger partial charge in [0.05, 0.1) is 16.1 Å². The van der Waals surface area contributed by atoms with E-state index in [9.17, 15) is 13.2 Å². The quantitative estimate of drug-likeness (QED) is 0.725. The lowest BCUT2D eigenvalue weighted by Gasteiger charge is -2.34. The van der Waals surface area contributed by atoms with Crippen molar-refractivity contribution in [1.82, 2.24) is 19.0 Å². The second-order valence-electron chi connectivity index (χ2n) is 9.75. The van der Waals surface area contributed by atoms with Crippen molar-refractivity contribution in [2.75, 3.05) is 26.2 Å². The first-order valence-corrected chi connectivity index (χ1v) is 12.4. The largest absolute Gasteiger partial charge is 0.335 e. The number of piperazine rings is 1. The van der Waals surface area contributed by atoms with Crippen molar-refractivity contribution in [2.45, 2.75) is 63.8 Å². The molecule has 2 aromatic rings. The lowest BCUT2D eigenvalue weighted by Crippen LogP contribution is -2.51. The number of rotatable bonds is 4. The molecular formula is C23H32N4O3S. The first kappa shape index (κ1) is 22.0. The number of benzene rings is 1. The molecule has 1 saturated carbocycles. The lowest BCUT2D eigenvalue weighted by atomic mass is 10.1. The van der Waals surface area contributed by atoms with Crippen molar-refractivity contribution in [2.24, 2.45) is 0 Å². The van der Waals surface area contributed by atoms with Gasteiger partial charge < -0.3 is 4.90 Å². The zero-order valence-electron chi connectivity index (χ0n) is 19.1. The predicted octanol–water partition coefficient (Wildman–Crippen LogP) is 3.28. The Morgan fingerprint density at radius 3 is 2.19 bits per heavy atom. The number of aromatic nitrogens is 2. The van der Waals surface area contributed by atoms with E-state index < -0.39 is 10.0 Å². The van der Waals surface area contributed by atoms with Gasteiger partial charge in [-0.2, -0.15) is 9.40 Å². The van der Waals surface area contributed by atoms with Crippen LogP contribution >= 0.6 is 0 Å². The molecule has 1 aromatic carbocycles. The Bertz CT molecular complexity index is 1100. The molecule has 1 saturated heterocycles. The van der Waals surface area contributed by atoms with Crippen molar-refractivity contribution in [1.29, 1.82) is 0 Å². The number of hydrogen-bond donors (Lipinski definition) is 0. The van der Waals surface area contributed by atoms with Crippen molar-refractivity contribution in [3.63, 3.8) is 0 Å². The van der Waals surface area contributed by atoms with Crippen LogP contribution in [0, 0.1) is 13.8 Å². The van der Waals surface area contributed by atoms with Crippen LogP contribution in [0.4, 0.5) is 0 Å². The zero-order valence-corrected chi connectivity index (χ0v) is 19.9. The monoisotopic (exact) mass is 444 g/mol. The molecule has 0 spiro atoms. The third-order valence-corrected chi connectivity index (χ3v) is 8.12. The van der Waals surface area contributed by atoms with Crippen molar-refractivity contribution >= 4 is 15.9 Å². The average Bonchev–Trinajstić information content (AvgIpc) is 3.46. The summed E-state index contributed by atoms with van der Waals surface area (Å²) in [6.07, 6.45) is 2.26.